The predicted molar refractivity (Wildman–Crippen MR) is 89.6 cm³/mol. The molecule has 2 aromatic rings. The number of Topliss-reactive ketones (excluding diaryl/α,β-unsaturated/α-hetero) is 2. The molecule has 2 aromatic carbocycles. The zero-order valence-corrected chi connectivity index (χ0v) is 13.2. The molecule has 24 heavy (non-hydrogen) atoms. The van der Waals surface area contributed by atoms with Crippen molar-refractivity contribution in [3.05, 3.63) is 76.9 Å². The van der Waals surface area contributed by atoms with Crippen molar-refractivity contribution >= 4 is 23.6 Å². The minimum absolute atomic E-state index is 0.150. The molecular weight excluding hydrogens is 304 g/mol. The lowest BCUT2D eigenvalue weighted by Crippen LogP contribution is -2.36. The van der Waals surface area contributed by atoms with E-state index in [2.05, 4.69) is 0 Å². The van der Waals surface area contributed by atoms with Crippen LogP contribution < -0.4 is 0 Å². The third kappa shape index (κ3) is 2.78. The van der Waals surface area contributed by atoms with Crippen LogP contribution in [0.2, 0.25) is 0 Å². The van der Waals surface area contributed by atoms with Gasteiger partial charge in [0.2, 0.25) is 0 Å². The number of hydrogen-bond donors (Lipinski definition) is 0. The molecule has 0 aromatic heterocycles. The van der Waals surface area contributed by atoms with E-state index in [1.807, 2.05) is 30.3 Å². The first-order chi connectivity index (χ1) is 11.6. The molecule has 4 nitrogen and oxygen atoms in total. The molecule has 1 aliphatic carbocycles. The molecule has 0 amide bonds. The molecule has 3 rings (SSSR count). The van der Waals surface area contributed by atoms with Crippen molar-refractivity contribution < 1.29 is 19.1 Å². The molecule has 1 atom stereocenters. The summed E-state index contributed by atoms with van der Waals surface area (Å²) in [5, 5.41) is 0. The Kier molecular flexibility index (Phi) is 4.38. The van der Waals surface area contributed by atoms with Crippen LogP contribution in [-0.4, -0.2) is 24.1 Å². The van der Waals surface area contributed by atoms with Crippen LogP contribution in [0.1, 0.15) is 33.2 Å². The fourth-order valence-electron chi connectivity index (χ4n) is 2.82. The van der Waals surface area contributed by atoms with Crippen LogP contribution in [0.4, 0.5) is 0 Å². The maximum absolute atomic E-state index is 12.9. The second-order valence-electron chi connectivity index (χ2n) is 5.43. The number of benzene rings is 2. The van der Waals surface area contributed by atoms with Gasteiger partial charge in [-0.1, -0.05) is 54.6 Å². The van der Waals surface area contributed by atoms with Crippen LogP contribution in [0.15, 0.2) is 60.2 Å². The largest absolute Gasteiger partial charge is 0.465 e. The topological polar surface area (TPSA) is 60.4 Å². The normalized spacial score (nSPS) is 18.4. The van der Waals surface area contributed by atoms with Gasteiger partial charge in [-0.25, -0.2) is 0 Å². The van der Waals surface area contributed by atoms with Gasteiger partial charge < -0.3 is 4.74 Å². The number of rotatable bonds is 3. The third-order valence-electron chi connectivity index (χ3n) is 3.92. The molecule has 120 valence electrons. The van der Waals surface area contributed by atoms with E-state index in [0.717, 1.165) is 5.56 Å². The Labute approximate surface area is 139 Å². The summed E-state index contributed by atoms with van der Waals surface area (Å²) in [7, 11) is 0. The molecule has 0 bridgehead atoms. The van der Waals surface area contributed by atoms with Gasteiger partial charge in [0.1, 0.15) is 5.92 Å². The molecule has 0 N–H and O–H groups in total. The van der Waals surface area contributed by atoms with E-state index in [9.17, 15) is 14.4 Å². The van der Waals surface area contributed by atoms with Crippen molar-refractivity contribution in [3.8, 4) is 0 Å². The third-order valence-corrected chi connectivity index (χ3v) is 3.92. The minimum Gasteiger partial charge on any atom is -0.465 e. The summed E-state index contributed by atoms with van der Waals surface area (Å²) in [6.45, 7) is 1.82. The maximum atomic E-state index is 12.9. The molecule has 0 spiro atoms. The summed E-state index contributed by atoms with van der Waals surface area (Å²) in [5.41, 5.74) is 1.50. The van der Waals surface area contributed by atoms with Gasteiger partial charge >= 0.3 is 5.97 Å². The Morgan fingerprint density at radius 2 is 1.62 bits per heavy atom. The molecule has 1 aliphatic rings. The van der Waals surface area contributed by atoms with Gasteiger partial charge in [-0.2, -0.15) is 0 Å². The Hall–Kier alpha value is -3.01. The Morgan fingerprint density at radius 1 is 1.00 bits per heavy atom. The molecule has 0 saturated carbocycles. The van der Waals surface area contributed by atoms with Gasteiger partial charge in [0.05, 0.1) is 6.61 Å². The number of carbonyl (C=O) groups excluding carboxylic acids is 3. The van der Waals surface area contributed by atoms with Gasteiger partial charge in [-0.15, -0.1) is 0 Å². The van der Waals surface area contributed by atoms with Crippen molar-refractivity contribution in [2.75, 3.05) is 6.61 Å². The number of fused-ring (bicyclic) bond motifs is 1. The Bertz CT molecular complexity index is 834. The van der Waals surface area contributed by atoms with E-state index in [1.165, 1.54) is 0 Å². The van der Waals surface area contributed by atoms with Crippen molar-refractivity contribution in [3.63, 3.8) is 0 Å². The molecule has 0 fully saturated rings. The van der Waals surface area contributed by atoms with E-state index in [1.54, 1.807) is 37.3 Å². The summed E-state index contributed by atoms with van der Waals surface area (Å²) in [4.78, 5) is 38.0. The molecule has 0 aliphatic heterocycles. The monoisotopic (exact) mass is 320 g/mol. The molecule has 4 heteroatoms. The van der Waals surface area contributed by atoms with Gasteiger partial charge in [-0.3, -0.25) is 14.4 Å². The smallest absolute Gasteiger partial charge is 0.321 e. The standard InChI is InChI=1S/C20H16O4/c1-2-24-20(23)17-16(12-13-8-4-3-5-9-13)18(21)14-10-6-7-11-15(14)19(17)22/h3-12,17H,2H2,1H3/b16-12-/t17-/m0/s1. The number of ether oxygens (including phenoxy) is 1. The van der Waals surface area contributed by atoms with Crippen LogP contribution >= 0.6 is 0 Å². The van der Waals surface area contributed by atoms with Crippen molar-refractivity contribution in [2.45, 2.75) is 6.92 Å². The van der Waals surface area contributed by atoms with E-state index >= 15 is 0 Å². The average molecular weight is 320 g/mol. The van der Waals surface area contributed by atoms with Crippen LogP contribution in [0.25, 0.3) is 6.08 Å². The lowest BCUT2D eigenvalue weighted by Gasteiger charge is -2.24. The summed E-state index contributed by atoms with van der Waals surface area (Å²) in [5.74, 6) is -2.61. The van der Waals surface area contributed by atoms with Crippen LogP contribution in [-0.2, 0) is 9.53 Å². The highest BCUT2D eigenvalue weighted by atomic mass is 16.5. The van der Waals surface area contributed by atoms with Crippen LogP contribution in [0, 0.1) is 5.92 Å². The summed E-state index contributed by atoms with van der Waals surface area (Å²) >= 11 is 0. The quantitative estimate of drug-likeness (QED) is 0.494. The molecule has 0 unspecified atom stereocenters. The van der Waals surface area contributed by atoms with Crippen molar-refractivity contribution in [1.29, 1.82) is 0 Å². The van der Waals surface area contributed by atoms with Crippen molar-refractivity contribution in [2.24, 2.45) is 5.92 Å². The van der Waals surface area contributed by atoms with Crippen LogP contribution in [0.3, 0.4) is 0 Å². The fraction of sp³-hybridized carbons (Fsp3) is 0.150. The van der Waals surface area contributed by atoms with Gasteiger partial charge in [0.25, 0.3) is 0 Å². The number of hydrogen-bond acceptors (Lipinski definition) is 4. The van der Waals surface area contributed by atoms with E-state index in [4.69, 9.17) is 4.74 Å². The van der Waals surface area contributed by atoms with E-state index < -0.39 is 17.7 Å². The summed E-state index contributed by atoms with van der Waals surface area (Å²) < 4.78 is 5.03. The van der Waals surface area contributed by atoms with Gasteiger partial charge in [0, 0.05) is 16.7 Å². The number of esters is 1. The highest BCUT2D eigenvalue weighted by Crippen LogP contribution is 2.32. The second kappa shape index (κ2) is 6.62. The maximum Gasteiger partial charge on any atom is 0.321 e. The molecule has 0 saturated heterocycles. The number of ketones is 2. The Balaban J connectivity index is 2.16. The molecule has 0 heterocycles. The van der Waals surface area contributed by atoms with Gasteiger partial charge in [0.15, 0.2) is 11.6 Å². The van der Waals surface area contributed by atoms with Crippen molar-refractivity contribution in [1.82, 2.24) is 0 Å². The average Bonchev–Trinajstić information content (AvgIpc) is 2.60. The van der Waals surface area contributed by atoms with Crippen LogP contribution in [0.5, 0.6) is 0 Å². The fourth-order valence-corrected chi connectivity index (χ4v) is 2.82. The predicted octanol–water partition coefficient (Wildman–Crippen LogP) is 3.33. The lowest BCUT2D eigenvalue weighted by molar-refractivity contribution is -0.144. The number of carbonyl (C=O) groups is 3. The summed E-state index contributed by atoms with van der Waals surface area (Å²) in [6.07, 6.45) is 1.59. The molecular formula is C20H16O4. The first-order valence-corrected chi connectivity index (χ1v) is 7.74. The van der Waals surface area contributed by atoms with E-state index in [-0.39, 0.29) is 23.5 Å². The van der Waals surface area contributed by atoms with Gasteiger partial charge in [-0.05, 0) is 18.6 Å². The SMILES string of the molecule is CCOC(=O)[C@@H]1C(=O)c2ccccc2C(=O)/C1=C\c1ccccc1. The first-order valence-electron chi connectivity index (χ1n) is 7.74. The van der Waals surface area contributed by atoms with E-state index in [0.29, 0.717) is 5.56 Å². The minimum atomic E-state index is -1.22. The lowest BCUT2D eigenvalue weighted by atomic mass is 9.77. The zero-order chi connectivity index (χ0) is 17.1. The summed E-state index contributed by atoms with van der Waals surface area (Å²) in [6, 6.07) is 15.7. The Morgan fingerprint density at radius 3 is 2.29 bits per heavy atom. The molecule has 0 radical (unpaired) electrons. The first kappa shape index (κ1) is 15.9. The second-order valence-corrected chi connectivity index (χ2v) is 5.43. The highest BCUT2D eigenvalue weighted by Gasteiger charge is 2.42. The zero-order valence-electron chi connectivity index (χ0n) is 13.2. The highest BCUT2D eigenvalue weighted by molar-refractivity contribution is 6.29.